The Hall–Kier alpha value is -4.80. The van der Waals surface area contributed by atoms with Gasteiger partial charge in [-0.3, -0.25) is 9.59 Å². The van der Waals surface area contributed by atoms with E-state index in [1.165, 1.54) is 36.3 Å². The van der Waals surface area contributed by atoms with Crippen molar-refractivity contribution < 1.29 is 28.2 Å². The van der Waals surface area contributed by atoms with E-state index in [1.807, 2.05) is 35.2 Å². The van der Waals surface area contributed by atoms with Crippen molar-refractivity contribution in [2.45, 2.75) is 18.4 Å². The second-order valence-electron chi connectivity index (χ2n) is 9.98. The predicted octanol–water partition coefficient (Wildman–Crippen LogP) is 4.15. The molecule has 3 aromatic carbocycles. The van der Waals surface area contributed by atoms with Crippen LogP contribution in [0.25, 0.3) is 0 Å². The van der Waals surface area contributed by atoms with Gasteiger partial charge in [-0.25, -0.2) is 9.18 Å². The second-order valence-corrected chi connectivity index (χ2v) is 9.98. The number of hydrogen-bond acceptors (Lipinski definition) is 6. The van der Waals surface area contributed by atoms with E-state index in [0.717, 1.165) is 5.69 Å². The summed E-state index contributed by atoms with van der Waals surface area (Å²) >= 11 is 0. The fraction of sp³-hybridized carbons (Fsp3) is 0.300. The van der Waals surface area contributed by atoms with Crippen LogP contribution in [-0.2, 0) is 9.59 Å². The van der Waals surface area contributed by atoms with Gasteiger partial charge in [-0.15, -0.1) is 0 Å². The summed E-state index contributed by atoms with van der Waals surface area (Å²) in [7, 11) is 3.07. The van der Waals surface area contributed by atoms with Crippen LogP contribution < -0.4 is 25.0 Å². The van der Waals surface area contributed by atoms with E-state index in [4.69, 9.17) is 9.47 Å². The zero-order valence-corrected chi connectivity index (χ0v) is 22.9. The lowest BCUT2D eigenvalue weighted by atomic mass is 9.85. The molecule has 3 aromatic rings. The van der Waals surface area contributed by atoms with Crippen LogP contribution in [0.15, 0.2) is 72.8 Å². The number of hydrogen-bond donors (Lipinski definition) is 2. The first-order valence-corrected chi connectivity index (χ1v) is 13.3. The highest BCUT2D eigenvalue weighted by atomic mass is 19.1. The summed E-state index contributed by atoms with van der Waals surface area (Å²) in [5.74, 6) is 0.146. The van der Waals surface area contributed by atoms with Gasteiger partial charge in [0.15, 0.2) is 0 Å². The Morgan fingerprint density at radius 3 is 2.29 bits per heavy atom. The van der Waals surface area contributed by atoms with Gasteiger partial charge in [-0.2, -0.15) is 0 Å². The van der Waals surface area contributed by atoms with Crippen LogP contribution in [0, 0.1) is 5.82 Å². The Morgan fingerprint density at radius 2 is 1.63 bits per heavy atom. The first-order valence-electron chi connectivity index (χ1n) is 13.3. The molecule has 2 fully saturated rings. The summed E-state index contributed by atoms with van der Waals surface area (Å²) in [6, 6.07) is 19.9. The van der Waals surface area contributed by atoms with Crippen molar-refractivity contribution >= 4 is 34.9 Å². The normalized spacial score (nSPS) is 16.1. The van der Waals surface area contributed by atoms with Gasteiger partial charge in [0.1, 0.15) is 29.4 Å². The third-order valence-electron chi connectivity index (χ3n) is 7.57. The molecule has 2 N–H and O–H groups in total. The van der Waals surface area contributed by atoms with Gasteiger partial charge in [-0.05, 0) is 61.4 Å². The molecule has 0 aliphatic carbocycles. The van der Waals surface area contributed by atoms with Gasteiger partial charge >= 0.3 is 6.03 Å². The number of anilines is 3. The predicted molar refractivity (Wildman–Crippen MR) is 153 cm³/mol. The highest BCUT2D eigenvalue weighted by Gasteiger charge is 2.54. The van der Waals surface area contributed by atoms with Gasteiger partial charge in [0.05, 0.1) is 26.6 Å². The average Bonchev–Trinajstić information content (AvgIpc) is 3.25. The lowest BCUT2D eigenvalue weighted by Crippen LogP contribution is -2.58. The van der Waals surface area contributed by atoms with Crippen molar-refractivity contribution in [3.8, 4) is 11.5 Å². The zero-order chi connectivity index (χ0) is 29.0. The monoisotopic (exact) mass is 561 g/mol. The number of nitrogens with one attached hydrogen (secondary N) is 2. The molecule has 0 unspecified atom stereocenters. The average molecular weight is 562 g/mol. The van der Waals surface area contributed by atoms with Gasteiger partial charge in [0.2, 0.25) is 5.91 Å². The number of carbonyl (C=O) groups excluding carboxylic acids is 3. The fourth-order valence-electron chi connectivity index (χ4n) is 5.41. The van der Waals surface area contributed by atoms with E-state index in [0.29, 0.717) is 48.8 Å². The summed E-state index contributed by atoms with van der Waals surface area (Å²) in [5, 5.41) is 5.63. The number of halogens is 1. The van der Waals surface area contributed by atoms with Crippen molar-refractivity contribution in [1.82, 2.24) is 9.80 Å². The van der Waals surface area contributed by atoms with Gasteiger partial charge in [-0.1, -0.05) is 18.2 Å². The first-order chi connectivity index (χ1) is 19.8. The summed E-state index contributed by atoms with van der Waals surface area (Å²) in [5.41, 5.74) is 0.931. The minimum Gasteiger partial charge on any atom is -0.497 e. The standard InChI is InChI=1S/C30H32FN5O5/c1-40-24-12-13-25(26(18-24)41-2)33-29(39)34-16-14-30(15-17-34)28(38)35(20-36(30)23-6-4-3-5-7-23)19-27(37)32-22-10-8-21(31)9-11-22/h3-13,18H,14-17,19-20H2,1-2H3,(H,32,37)(H,33,39). The summed E-state index contributed by atoms with van der Waals surface area (Å²) in [4.78, 5) is 45.2. The first kappa shape index (κ1) is 27.8. The molecule has 0 aromatic heterocycles. The van der Waals surface area contributed by atoms with Crippen LogP contribution in [-0.4, -0.2) is 73.7 Å². The maximum absolute atomic E-state index is 13.9. The van der Waals surface area contributed by atoms with Gasteiger partial charge < -0.3 is 34.8 Å². The summed E-state index contributed by atoms with van der Waals surface area (Å²) < 4.78 is 23.9. The molecule has 10 nitrogen and oxygen atoms in total. The number of ether oxygens (including phenoxy) is 2. The minimum absolute atomic E-state index is 0.150. The number of likely N-dealkylation sites (tertiary alicyclic amines) is 1. The molecule has 0 radical (unpaired) electrons. The number of carbonyl (C=O) groups is 3. The summed E-state index contributed by atoms with van der Waals surface area (Å²) in [6.45, 7) is 0.766. The van der Waals surface area contributed by atoms with E-state index in [1.54, 1.807) is 30.2 Å². The molecule has 0 atom stereocenters. The molecular weight excluding hydrogens is 529 g/mol. The largest absolute Gasteiger partial charge is 0.497 e. The van der Waals surface area contributed by atoms with Crippen molar-refractivity contribution in [3.05, 3.63) is 78.6 Å². The van der Waals surface area contributed by atoms with Gasteiger partial charge in [0.25, 0.3) is 5.91 Å². The minimum atomic E-state index is -0.897. The van der Waals surface area contributed by atoms with Crippen LogP contribution in [0.3, 0.4) is 0 Å². The molecule has 214 valence electrons. The molecule has 11 heteroatoms. The number of benzene rings is 3. The van der Waals surface area contributed by atoms with E-state index < -0.39 is 11.4 Å². The van der Waals surface area contributed by atoms with Crippen molar-refractivity contribution in [3.63, 3.8) is 0 Å². The molecule has 1 spiro atoms. The Labute approximate surface area is 237 Å². The number of rotatable bonds is 7. The number of nitrogens with zero attached hydrogens (tertiary/aromatic N) is 3. The molecule has 0 bridgehead atoms. The van der Waals surface area contributed by atoms with Crippen molar-refractivity contribution in [1.29, 1.82) is 0 Å². The highest BCUT2D eigenvalue weighted by Crippen LogP contribution is 2.40. The molecule has 2 aliphatic heterocycles. The summed E-state index contributed by atoms with van der Waals surface area (Å²) in [6.07, 6.45) is 0.786. The molecule has 2 heterocycles. The maximum atomic E-state index is 13.9. The molecule has 41 heavy (non-hydrogen) atoms. The number of amides is 4. The topological polar surface area (TPSA) is 103 Å². The Morgan fingerprint density at radius 1 is 0.927 bits per heavy atom. The number of urea groups is 1. The SMILES string of the molecule is COc1ccc(NC(=O)N2CCC3(CC2)C(=O)N(CC(=O)Nc2ccc(F)cc2)CN3c2ccccc2)c(OC)c1. The van der Waals surface area contributed by atoms with Crippen molar-refractivity contribution in [2.75, 3.05) is 56.1 Å². The Bertz CT molecular complexity index is 1410. The molecule has 2 aliphatic rings. The number of methoxy groups -OCH3 is 2. The lowest BCUT2D eigenvalue weighted by Gasteiger charge is -2.43. The molecule has 4 amide bonds. The third kappa shape index (κ3) is 5.74. The molecule has 2 saturated heterocycles. The quantitative estimate of drug-likeness (QED) is 0.449. The van der Waals surface area contributed by atoms with Crippen LogP contribution in [0.1, 0.15) is 12.8 Å². The fourth-order valence-corrected chi connectivity index (χ4v) is 5.41. The van der Waals surface area contributed by atoms with Crippen molar-refractivity contribution in [2.24, 2.45) is 0 Å². The van der Waals surface area contributed by atoms with E-state index >= 15 is 0 Å². The Kier molecular flexibility index (Phi) is 7.95. The van der Waals surface area contributed by atoms with E-state index in [9.17, 15) is 18.8 Å². The van der Waals surface area contributed by atoms with Crippen LogP contribution in [0.2, 0.25) is 0 Å². The molecule has 0 saturated carbocycles. The van der Waals surface area contributed by atoms with E-state index in [-0.39, 0.29) is 31.1 Å². The zero-order valence-electron chi connectivity index (χ0n) is 22.9. The smallest absolute Gasteiger partial charge is 0.321 e. The number of piperidine rings is 1. The van der Waals surface area contributed by atoms with Crippen LogP contribution >= 0.6 is 0 Å². The molecule has 5 rings (SSSR count). The number of para-hydroxylation sites is 1. The Balaban J connectivity index is 1.29. The maximum Gasteiger partial charge on any atom is 0.321 e. The highest BCUT2D eigenvalue weighted by molar-refractivity contribution is 5.99. The van der Waals surface area contributed by atoms with E-state index in [2.05, 4.69) is 10.6 Å². The lowest BCUT2D eigenvalue weighted by molar-refractivity contribution is -0.136. The van der Waals surface area contributed by atoms with Gasteiger partial charge in [0, 0.05) is 30.5 Å². The molecular formula is C30H32FN5O5. The second kappa shape index (κ2) is 11.7. The van der Waals surface area contributed by atoms with Crippen LogP contribution in [0.5, 0.6) is 11.5 Å². The van der Waals surface area contributed by atoms with Crippen LogP contribution in [0.4, 0.5) is 26.2 Å². The third-order valence-corrected chi connectivity index (χ3v) is 7.57.